The van der Waals surface area contributed by atoms with Gasteiger partial charge in [-0.2, -0.15) is 11.3 Å². The zero-order valence-corrected chi connectivity index (χ0v) is 10.0. The van der Waals surface area contributed by atoms with Gasteiger partial charge >= 0.3 is 6.36 Å². The number of benzene rings is 1. The van der Waals surface area contributed by atoms with Gasteiger partial charge in [-0.05, 0) is 34.0 Å². The summed E-state index contributed by atoms with van der Waals surface area (Å²) in [7, 11) is 0. The summed E-state index contributed by atoms with van der Waals surface area (Å²) in [5.74, 6) is -0.235. The number of ether oxygens (including phenoxy) is 1. The predicted octanol–water partition coefficient (Wildman–Crippen LogP) is 4.96. The van der Waals surface area contributed by atoms with Crippen molar-refractivity contribution in [2.75, 3.05) is 0 Å². The molecule has 0 unspecified atom stereocenters. The van der Waals surface area contributed by atoms with Crippen LogP contribution in [0.25, 0.3) is 17.2 Å². The molecule has 5 heteroatoms. The average molecular weight is 270 g/mol. The number of alkyl halides is 3. The summed E-state index contributed by atoms with van der Waals surface area (Å²) < 4.78 is 40.8. The second-order valence-corrected chi connectivity index (χ2v) is 4.30. The minimum atomic E-state index is -4.70. The van der Waals surface area contributed by atoms with E-state index in [1.165, 1.54) is 23.5 Å². The van der Waals surface area contributed by atoms with Crippen molar-refractivity contribution in [3.8, 4) is 16.9 Å². The molecule has 1 heterocycles. The summed E-state index contributed by atoms with van der Waals surface area (Å²) in [5, 5.41) is 3.72. The van der Waals surface area contributed by atoms with Gasteiger partial charge in [-0.25, -0.2) is 0 Å². The molecule has 1 aromatic carbocycles. The average Bonchev–Trinajstić information content (AvgIpc) is 2.80. The van der Waals surface area contributed by atoms with Gasteiger partial charge in [-0.3, -0.25) is 0 Å². The smallest absolute Gasteiger partial charge is 0.405 e. The lowest BCUT2D eigenvalue weighted by Crippen LogP contribution is -2.17. The molecular weight excluding hydrogens is 261 g/mol. The minimum Gasteiger partial charge on any atom is -0.405 e. The molecule has 94 valence electrons. The third-order valence-corrected chi connectivity index (χ3v) is 3.00. The fraction of sp³-hybridized carbons (Fsp3) is 0.0769. The van der Waals surface area contributed by atoms with Crippen LogP contribution in [0.4, 0.5) is 13.2 Å². The molecule has 1 nitrogen and oxygen atoms in total. The molecule has 1 aromatic heterocycles. The van der Waals surface area contributed by atoms with Crippen LogP contribution in [0.5, 0.6) is 5.75 Å². The topological polar surface area (TPSA) is 9.23 Å². The van der Waals surface area contributed by atoms with Gasteiger partial charge in [0.25, 0.3) is 0 Å². The van der Waals surface area contributed by atoms with E-state index in [0.29, 0.717) is 11.1 Å². The number of hydrogen-bond acceptors (Lipinski definition) is 2. The van der Waals surface area contributed by atoms with Gasteiger partial charge < -0.3 is 4.74 Å². The first-order valence-corrected chi connectivity index (χ1v) is 5.99. The largest absolute Gasteiger partial charge is 0.573 e. The molecule has 0 aliphatic carbocycles. The number of halogens is 3. The van der Waals surface area contributed by atoms with E-state index in [2.05, 4.69) is 11.3 Å². The number of hydrogen-bond donors (Lipinski definition) is 0. The van der Waals surface area contributed by atoms with E-state index in [0.717, 1.165) is 5.56 Å². The molecule has 0 aliphatic rings. The lowest BCUT2D eigenvalue weighted by atomic mass is 10.1. The van der Waals surface area contributed by atoms with Crippen LogP contribution >= 0.6 is 11.3 Å². The summed E-state index contributed by atoms with van der Waals surface area (Å²) in [6, 6.07) is 6.50. The molecule has 0 amide bonds. The first-order chi connectivity index (χ1) is 8.49. The number of rotatable bonds is 3. The Bertz CT molecular complexity index is 544. The van der Waals surface area contributed by atoms with E-state index in [4.69, 9.17) is 0 Å². The van der Waals surface area contributed by atoms with Gasteiger partial charge in [0, 0.05) is 5.56 Å². The highest BCUT2D eigenvalue weighted by Crippen LogP contribution is 2.32. The van der Waals surface area contributed by atoms with E-state index in [1.807, 2.05) is 16.8 Å². The highest BCUT2D eigenvalue weighted by molar-refractivity contribution is 7.08. The van der Waals surface area contributed by atoms with Crippen LogP contribution in [0.3, 0.4) is 0 Å². The molecule has 0 fully saturated rings. The molecule has 18 heavy (non-hydrogen) atoms. The van der Waals surface area contributed by atoms with Crippen molar-refractivity contribution >= 4 is 17.4 Å². The molecule has 0 spiro atoms. The van der Waals surface area contributed by atoms with Gasteiger partial charge in [0.1, 0.15) is 5.75 Å². The van der Waals surface area contributed by atoms with Crippen LogP contribution in [-0.4, -0.2) is 6.36 Å². The van der Waals surface area contributed by atoms with E-state index >= 15 is 0 Å². The Balaban J connectivity index is 2.42. The summed E-state index contributed by atoms with van der Waals surface area (Å²) in [4.78, 5) is 0. The maximum Gasteiger partial charge on any atom is 0.573 e. The fourth-order valence-electron chi connectivity index (χ4n) is 1.52. The molecule has 0 atom stereocenters. The highest BCUT2D eigenvalue weighted by atomic mass is 32.1. The monoisotopic (exact) mass is 270 g/mol. The molecular formula is C13H9F3OS. The standard InChI is InChI=1S/C13H9F3OS/c1-2-9-3-4-10(11-5-6-18-8-11)7-12(9)17-13(14,15)16/h2-8H,1H2. The maximum absolute atomic E-state index is 12.3. The molecule has 0 aliphatic heterocycles. The second-order valence-electron chi connectivity index (χ2n) is 3.52. The Kier molecular flexibility index (Phi) is 3.43. The minimum absolute atomic E-state index is 0.235. The normalized spacial score (nSPS) is 11.3. The van der Waals surface area contributed by atoms with Crippen molar-refractivity contribution in [1.29, 1.82) is 0 Å². The quantitative estimate of drug-likeness (QED) is 0.766. The Morgan fingerprint density at radius 2 is 1.94 bits per heavy atom. The van der Waals surface area contributed by atoms with E-state index in [-0.39, 0.29) is 5.75 Å². The SMILES string of the molecule is C=Cc1ccc(-c2ccsc2)cc1OC(F)(F)F. The predicted molar refractivity (Wildman–Crippen MR) is 66.5 cm³/mol. The zero-order chi connectivity index (χ0) is 13.2. The Morgan fingerprint density at radius 3 is 2.50 bits per heavy atom. The van der Waals surface area contributed by atoms with Crippen LogP contribution < -0.4 is 4.74 Å². The van der Waals surface area contributed by atoms with Gasteiger partial charge in [-0.15, -0.1) is 13.2 Å². The lowest BCUT2D eigenvalue weighted by Gasteiger charge is -2.12. The molecule has 0 saturated heterocycles. The molecule has 0 N–H and O–H groups in total. The summed E-state index contributed by atoms with van der Waals surface area (Å²) >= 11 is 1.48. The first-order valence-electron chi connectivity index (χ1n) is 5.04. The Morgan fingerprint density at radius 1 is 1.17 bits per heavy atom. The number of thiophene rings is 1. The van der Waals surface area contributed by atoms with Crippen molar-refractivity contribution in [2.45, 2.75) is 6.36 Å². The second kappa shape index (κ2) is 4.86. The summed E-state index contributed by atoms with van der Waals surface area (Å²) in [5.41, 5.74) is 1.86. The third kappa shape index (κ3) is 2.92. The molecule has 2 rings (SSSR count). The Hall–Kier alpha value is -1.75. The van der Waals surface area contributed by atoms with Crippen molar-refractivity contribution in [3.63, 3.8) is 0 Å². The molecule has 2 aromatic rings. The van der Waals surface area contributed by atoms with Crippen LogP contribution in [0, 0.1) is 0 Å². The Labute approximate surface area is 106 Å². The van der Waals surface area contributed by atoms with Gasteiger partial charge in [0.15, 0.2) is 0 Å². The molecule has 0 radical (unpaired) electrons. The zero-order valence-electron chi connectivity index (χ0n) is 9.20. The van der Waals surface area contributed by atoms with Crippen molar-refractivity contribution in [2.24, 2.45) is 0 Å². The van der Waals surface area contributed by atoms with E-state index < -0.39 is 6.36 Å². The van der Waals surface area contributed by atoms with Crippen LogP contribution in [-0.2, 0) is 0 Å². The molecule has 0 bridgehead atoms. The van der Waals surface area contributed by atoms with Crippen LogP contribution in [0.2, 0.25) is 0 Å². The van der Waals surface area contributed by atoms with E-state index in [1.54, 1.807) is 12.1 Å². The lowest BCUT2D eigenvalue weighted by molar-refractivity contribution is -0.274. The van der Waals surface area contributed by atoms with Gasteiger partial charge in [-0.1, -0.05) is 24.8 Å². The van der Waals surface area contributed by atoms with Gasteiger partial charge in [0.05, 0.1) is 0 Å². The molecule has 0 saturated carbocycles. The van der Waals surface area contributed by atoms with Gasteiger partial charge in [0.2, 0.25) is 0 Å². The third-order valence-electron chi connectivity index (χ3n) is 2.31. The highest BCUT2D eigenvalue weighted by Gasteiger charge is 2.32. The van der Waals surface area contributed by atoms with Crippen molar-refractivity contribution in [3.05, 3.63) is 47.2 Å². The summed E-state index contributed by atoms with van der Waals surface area (Å²) in [6.07, 6.45) is -3.37. The van der Waals surface area contributed by atoms with E-state index in [9.17, 15) is 13.2 Å². The van der Waals surface area contributed by atoms with Crippen LogP contribution in [0.1, 0.15) is 5.56 Å². The fourth-order valence-corrected chi connectivity index (χ4v) is 2.19. The first kappa shape index (κ1) is 12.7. The van der Waals surface area contributed by atoms with Crippen molar-refractivity contribution < 1.29 is 17.9 Å². The van der Waals surface area contributed by atoms with Crippen molar-refractivity contribution in [1.82, 2.24) is 0 Å². The summed E-state index contributed by atoms with van der Waals surface area (Å²) in [6.45, 7) is 3.47. The van der Waals surface area contributed by atoms with Crippen LogP contribution in [0.15, 0.2) is 41.6 Å². The maximum atomic E-state index is 12.3.